The van der Waals surface area contributed by atoms with Crippen molar-refractivity contribution in [3.8, 4) is 0 Å². The maximum Gasteiger partial charge on any atom is 0.240 e. The molecule has 3 fully saturated rings. The third kappa shape index (κ3) is 0.872. The molecule has 0 unspecified atom stereocenters. The van der Waals surface area contributed by atoms with Gasteiger partial charge in [-0.1, -0.05) is 0 Å². The Morgan fingerprint density at radius 1 is 1.73 bits per heavy atom. The van der Waals surface area contributed by atoms with Crippen molar-refractivity contribution in [2.45, 2.75) is 25.3 Å². The van der Waals surface area contributed by atoms with Crippen molar-refractivity contribution in [3.63, 3.8) is 0 Å². The van der Waals surface area contributed by atoms with Crippen LogP contribution in [0.15, 0.2) is 0 Å². The van der Waals surface area contributed by atoms with E-state index >= 15 is 0 Å². The van der Waals surface area contributed by atoms with Crippen LogP contribution in [-0.4, -0.2) is 24.5 Å². The fraction of sp³-hybridized carbons (Fsp3) is 0.875. The molecule has 0 aromatic rings. The van der Waals surface area contributed by atoms with Crippen LogP contribution in [0.5, 0.6) is 0 Å². The average molecular weight is 154 g/mol. The Morgan fingerprint density at radius 3 is 2.91 bits per heavy atom. The van der Waals surface area contributed by atoms with Gasteiger partial charge in [0.05, 0.1) is 5.54 Å². The average Bonchev–Trinajstić information content (AvgIpc) is 2.42. The van der Waals surface area contributed by atoms with Gasteiger partial charge in [0, 0.05) is 6.54 Å². The molecule has 0 aromatic carbocycles. The van der Waals surface area contributed by atoms with Crippen molar-refractivity contribution in [2.24, 2.45) is 5.92 Å². The minimum Gasteiger partial charge on any atom is -0.355 e. The molecule has 3 nitrogen and oxygen atoms in total. The molecule has 2 bridgehead atoms. The van der Waals surface area contributed by atoms with Crippen LogP contribution >= 0.6 is 0 Å². The third-order valence-electron chi connectivity index (χ3n) is 2.78. The van der Waals surface area contributed by atoms with Crippen molar-refractivity contribution in [3.05, 3.63) is 0 Å². The zero-order valence-corrected chi connectivity index (χ0v) is 6.81. The Labute approximate surface area is 66.5 Å². The number of nitrogens with one attached hydrogen (secondary N) is 2. The van der Waals surface area contributed by atoms with Gasteiger partial charge in [-0.25, -0.2) is 0 Å². The van der Waals surface area contributed by atoms with Crippen LogP contribution in [0, 0.1) is 5.92 Å². The second-order valence-electron chi connectivity index (χ2n) is 3.60. The third-order valence-corrected chi connectivity index (χ3v) is 2.78. The number of hydrogen-bond acceptors (Lipinski definition) is 2. The van der Waals surface area contributed by atoms with Crippen LogP contribution in [0.1, 0.15) is 19.8 Å². The molecule has 2 heterocycles. The molecule has 0 radical (unpaired) electrons. The van der Waals surface area contributed by atoms with Crippen molar-refractivity contribution in [2.75, 3.05) is 13.1 Å². The summed E-state index contributed by atoms with van der Waals surface area (Å²) in [5.74, 6) is 0.978. The first-order valence-corrected chi connectivity index (χ1v) is 4.30. The molecule has 11 heavy (non-hydrogen) atoms. The summed E-state index contributed by atoms with van der Waals surface area (Å²) in [6.45, 7) is 3.74. The smallest absolute Gasteiger partial charge is 0.240 e. The number of rotatable bonds is 2. The predicted molar refractivity (Wildman–Crippen MR) is 42.1 cm³/mol. The molecular weight excluding hydrogens is 140 g/mol. The molecule has 2 saturated heterocycles. The van der Waals surface area contributed by atoms with E-state index in [1.54, 1.807) is 0 Å². The number of likely N-dealkylation sites (N-methyl/N-ethyl adjacent to an activating group) is 1. The summed E-state index contributed by atoms with van der Waals surface area (Å²) in [7, 11) is 0. The maximum atomic E-state index is 11.4. The van der Waals surface area contributed by atoms with E-state index in [9.17, 15) is 4.79 Å². The van der Waals surface area contributed by atoms with Crippen LogP contribution in [0.2, 0.25) is 0 Å². The molecule has 1 aliphatic carbocycles. The highest BCUT2D eigenvalue weighted by Crippen LogP contribution is 2.43. The summed E-state index contributed by atoms with van der Waals surface area (Å²) in [4.78, 5) is 11.4. The molecule has 0 aromatic heterocycles. The van der Waals surface area contributed by atoms with Crippen molar-refractivity contribution in [1.29, 1.82) is 0 Å². The van der Waals surface area contributed by atoms with Gasteiger partial charge in [-0.15, -0.1) is 0 Å². The van der Waals surface area contributed by atoms with Gasteiger partial charge in [0.2, 0.25) is 5.91 Å². The van der Waals surface area contributed by atoms with Gasteiger partial charge in [-0.3, -0.25) is 4.79 Å². The fourth-order valence-corrected chi connectivity index (χ4v) is 2.15. The lowest BCUT2D eigenvalue weighted by atomic mass is 9.73. The van der Waals surface area contributed by atoms with Gasteiger partial charge in [-0.05, 0) is 32.2 Å². The van der Waals surface area contributed by atoms with Gasteiger partial charge >= 0.3 is 0 Å². The van der Waals surface area contributed by atoms with E-state index < -0.39 is 0 Å². The molecule has 1 amide bonds. The van der Waals surface area contributed by atoms with Gasteiger partial charge < -0.3 is 10.6 Å². The van der Waals surface area contributed by atoms with E-state index in [0.717, 1.165) is 31.8 Å². The highest BCUT2D eigenvalue weighted by atomic mass is 16.2. The number of carbonyl (C=O) groups excluding carboxylic acids is 1. The lowest BCUT2D eigenvalue weighted by Gasteiger charge is -2.35. The van der Waals surface area contributed by atoms with E-state index in [0.29, 0.717) is 0 Å². The minimum absolute atomic E-state index is 0.152. The van der Waals surface area contributed by atoms with Crippen molar-refractivity contribution >= 4 is 5.91 Å². The Balaban J connectivity index is 1.99. The highest BCUT2D eigenvalue weighted by molar-refractivity contribution is 5.88. The quantitative estimate of drug-likeness (QED) is 0.582. The van der Waals surface area contributed by atoms with Gasteiger partial charge in [0.15, 0.2) is 0 Å². The zero-order valence-electron chi connectivity index (χ0n) is 6.81. The monoisotopic (exact) mass is 154 g/mol. The first-order chi connectivity index (χ1) is 5.27. The minimum atomic E-state index is -0.152. The first-order valence-electron chi connectivity index (χ1n) is 4.30. The van der Waals surface area contributed by atoms with Crippen LogP contribution in [0.3, 0.4) is 0 Å². The summed E-state index contributed by atoms with van der Waals surface area (Å²) in [5, 5.41) is 6.14. The lowest BCUT2D eigenvalue weighted by Crippen LogP contribution is -2.56. The van der Waals surface area contributed by atoms with Crippen molar-refractivity contribution < 1.29 is 4.79 Å². The summed E-state index contributed by atoms with van der Waals surface area (Å²) in [5.41, 5.74) is -0.152. The lowest BCUT2D eigenvalue weighted by molar-refractivity contribution is -0.129. The number of hydrogen-bond donors (Lipinski definition) is 2. The molecule has 3 heteroatoms. The second kappa shape index (κ2) is 2.21. The molecule has 2 aliphatic heterocycles. The summed E-state index contributed by atoms with van der Waals surface area (Å²) >= 11 is 0. The number of amides is 1. The SMILES string of the molecule is CCNC(=O)C12CC(CN1)C2. The Morgan fingerprint density at radius 2 is 2.45 bits per heavy atom. The summed E-state index contributed by atoms with van der Waals surface area (Å²) in [6, 6.07) is 0. The predicted octanol–water partition coefficient (Wildman–Crippen LogP) is -0.126. The molecule has 0 spiro atoms. The van der Waals surface area contributed by atoms with E-state index in [2.05, 4.69) is 10.6 Å². The molecule has 1 saturated carbocycles. The molecular formula is C8H14N2O. The Bertz CT molecular complexity index is 179. The fourth-order valence-electron chi connectivity index (χ4n) is 2.15. The molecule has 3 aliphatic rings. The van der Waals surface area contributed by atoms with Crippen LogP contribution in [0.4, 0.5) is 0 Å². The molecule has 2 N–H and O–H groups in total. The zero-order chi connectivity index (χ0) is 7.90. The number of fused-ring (bicyclic) bond motifs is 1. The Kier molecular flexibility index (Phi) is 1.42. The van der Waals surface area contributed by atoms with E-state index in [-0.39, 0.29) is 11.4 Å². The molecule has 62 valence electrons. The second-order valence-corrected chi connectivity index (χ2v) is 3.60. The van der Waals surface area contributed by atoms with Crippen LogP contribution < -0.4 is 10.6 Å². The van der Waals surface area contributed by atoms with Gasteiger partial charge in [-0.2, -0.15) is 0 Å². The van der Waals surface area contributed by atoms with E-state index in [1.807, 2.05) is 6.92 Å². The van der Waals surface area contributed by atoms with Crippen molar-refractivity contribution in [1.82, 2.24) is 10.6 Å². The topological polar surface area (TPSA) is 41.1 Å². The molecule has 0 atom stereocenters. The summed E-state index contributed by atoms with van der Waals surface area (Å²) < 4.78 is 0. The van der Waals surface area contributed by atoms with Crippen LogP contribution in [0.25, 0.3) is 0 Å². The maximum absolute atomic E-state index is 11.4. The first kappa shape index (κ1) is 7.10. The van der Waals surface area contributed by atoms with Gasteiger partial charge in [0.1, 0.15) is 0 Å². The number of carbonyl (C=O) groups is 1. The summed E-state index contributed by atoms with van der Waals surface area (Å²) in [6.07, 6.45) is 2.11. The van der Waals surface area contributed by atoms with E-state index in [1.165, 1.54) is 0 Å². The Hall–Kier alpha value is -0.570. The largest absolute Gasteiger partial charge is 0.355 e. The standard InChI is InChI=1S/C8H14N2O/c1-2-9-7(11)8-3-6(4-8)5-10-8/h6,10H,2-5H2,1H3,(H,9,11). The normalized spacial score (nSPS) is 39.9. The highest BCUT2D eigenvalue weighted by Gasteiger charge is 2.54. The van der Waals surface area contributed by atoms with Crippen LogP contribution in [-0.2, 0) is 4.79 Å². The molecule has 3 rings (SSSR count). The van der Waals surface area contributed by atoms with Gasteiger partial charge in [0.25, 0.3) is 0 Å². The van der Waals surface area contributed by atoms with E-state index in [4.69, 9.17) is 0 Å².